The van der Waals surface area contributed by atoms with Crippen molar-refractivity contribution in [1.29, 1.82) is 0 Å². The zero-order chi connectivity index (χ0) is 18.9. The maximum absolute atomic E-state index is 12.4. The molecule has 1 fully saturated rings. The van der Waals surface area contributed by atoms with Crippen molar-refractivity contribution < 1.29 is 23.9 Å². The molecule has 0 saturated carbocycles. The molecule has 26 heavy (non-hydrogen) atoms. The van der Waals surface area contributed by atoms with Gasteiger partial charge in [-0.1, -0.05) is 12.1 Å². The molecule has 0 aromatic heterocycles. The maximum Gasteiger partial charge on any atom is 0.306 e. The van der Waals surface area contributed by atoms with E-state index in [2.05, 4.69) is 0 Å². The molecule has 0 radical (unpaired) electrons. The molecule has 1 aromatic carbocycles. The van der Waals surface area contributed by atoms with Crippen LogP contribution in [0.4, 0.5) is 0 Å². The Bertz CT molecular complexity index is 621. The van der Waals surface area contributed by atoms with E-state index in [4.69, 9.17) is 9.47 Å². The van der Waals surface area contributed by atoms with Crippen LogP contribution in [-0.4, -0.2) is 67.5 Å². The van der Waals surface area contributed by atoms with E-state index in [1.807, 2.05) is 24.3 Å². The summed E-state index contributed by atoms with van der Waals surface area (Å²) in [6.07, 6.45) is 0.586. The molecular weight excluding hydrogens is 336 g/mol. The monoisotopic (exact) mass is 362 g/mol. The van der Waals surface area contributed by atoms with Crippen molar-refractivity contribution in [2.24, 2.45) is 0 Å². The molecule has 0 atom stereocenters. The lowest BCUT2D eigenvalue weighted by molar-refractivity contribution is -0.146. The highest BCUT2D eigenvalue weighted by Gasteiger charge is 2.24. The largest absolute Gasteiger partial charge is 0.497 e. The Hall–Kier alpha value is -2.57. The smallest absolute Gasteiger partial charge is 0.306 e. The van der Waals surface area contributed by atoms with Crippen LogP contribution in [0.3, 0.4) is 0 Å². The van der Waals surface area contributed by atoms with Gasteiger partial charge in [0.25, 0.3) is 0 Å². The van der Waals surface area contributed by atoms with Gasteiger partial charge in [0.05, 0.1) is 26.6 Å². The third-order valence-electron chi connectivity index (χ3n) is 4.35. The third kappa shape index (κ3) is 5.75. The van der Waals surface area contributed by atoms with Gasteiger partial charge in [0.2, 0.25) is 11.8 Å². The molecular formula is C19H26N2O5. The highest BCUT2D eigenvalue weighted by Crippen LogP contribution is 2.13. The number of esters is 1. The lowest BCUT2D eigenvalue weighted by atomic mass is 10.1. The van der Waals surface area contributed by atoms with Crippen molar-refractivity contribution in [2.75, 3.05) is 39.9 Å². The second-order valence-corrected chi connectivity index (χ2v) is 6.09. The van der Waals surface area contributed by atoms with E-state index >= 15 is 0 Å². The molecule has 1 saturated heterocycles. The second kappa shape index (κ2) is 9.79. The lowest BCUT2D eigenvalue weighted by Gasteiger charge is -2.35. The molecule has 2 amide bonds. The van der Waals surface area contributed by atoms with Crippen molar-refractivity contribution in [3.63, 3.8) is 0 Å². The van der Waals surface area contributed by atoms with Crippen LogP contribution >= 0.6 is 0 Å². The number of ether oxygens (including phenoxy) is 2. The summed E-state index contributed by atoms with van der Waals surface area (Å²) in [5.74, 6) is 0.388. The Morgan fingerprint density at radius 3 is 2.04 bits per heavy atom. The van der Waals surface area contributed by atoms with Gasteiger partial charge in [0, 0.05) is 32.6 Å². The highest BCUT2D eigenvalue weighted by atomic mass is 16.5. The summed E-state index contributed by atoms with van der Waals surface area (Å²) >= 11 is 0. The van der Waals surface area contributed by atoms with E-state index in [9.17, 15) is 14.4 Å². The lowest BCUT2D eigenvalue weighted by Crippen LogP contribution is -2.51. The number of piperazine rings is 1. The topological polar surface area (TPSA) is 76.2 Å². The number of benzene rings is 1. The molecule has 0 aliphatic carbocycles. The van der Waals surface area contributed by atoms with Crippen LogP contribution in [0.5, 0.6) is 5.75 Å². The third-order valence-corrected chi connectivity index (χ3v) is 4.35. The number of carbonyl (C=O) groups excluding carboxylic acids is 3. The minimum absolute atomic E-state index is 0.0498. The fourth-order valence-electron chi connectivity index (χ4n) is 2.84. The SMILES string of the molecule is CCOC(=O)CCC(=O)N1CCN(C(=O)Cc2ccc(OC)cc2)CC1. The van der Waals surface area contributed by atoms with Crippen LogP contribution in [-0.2, 0) is 25.5 Å². The second-order valence-electron chi connectivity index (χ2n) is 6.09. The van der Waals surface area contributed by atoms with Gasteiger partial charge in [0.1, 0.15) is 5.75 Å². The summed E-state index contributed by atoms with van der Waals surface area (Å²) in [6, 6.07) is 7.43. The van der Waals surface area contributed by atoms with Crippen molar-refractivity contribution in [3.05, 3.63) is 29.8 Å². The molecule has 0 bridgehead atoms. The number of rotatable bonds is 7. The average molecular weight is 362 g/mol. The summed E-state index contributed by atoms with van der Waals surface area (Å²) in [5.41, 5.74) is 0.934. The summed E-state index contributed by atoms with van der Waals surface area (Å²) in [7, 11) is 1.60. The Morgan fingerprint density at radius 1 is 0.923 bits per heavy atom. The Kier molecular flexibility index (Phi) is 7.44. The van der Waals surface area contributed by atoms with Crippen molar-refractivity contribution in [1.82, 2.24) is 9.80 Å². The molecule has 0 N–H and O–H groups in total. The van der Waals surface area contributed by atoms with E-state index in [1.54, 1.807) is 23.8 Å². The number of amides is 2. The zero-order valence-corrected chi connectivity index (χ0v) is 15.4. The molecule has 1 aliphatic heterocycles. The molecule has 0 unspecified atom stereocenters. The van der Waals surface area contributed by atoms with Gasteiger partial charge in [-0.3, -0.25) is 14.4 Å². The van der Waals surface area contributed by atoms with Gasteiger partial charge in [-0.15, -0.1) is 0 Å². The van der Waals surface area contributed by atoms with Crippen LogP contribution in [0.15, 0.2) is 24.3 Å². The maximum atomic E-state index is 12.4. The number of hydrogen-bond donors (Lipinski definition) is 0. The first-order valence-corrected chi connectivity index (χ1v) is 8.87. The minimum Gasteiger partial charge on any atom is -0.497 e. The molecule has 7 nitrogen and oxygen atoms in total. The van der Waals surface area contributed by atoms with Gasteiger partial charge in [-0.2, -0.15) is 0 Å². The first kappa shape index (κ1) is 19.8. The number of hydrogen-bond acceptors (Lipinski definition) is 5. The number of methoxy groups -OCH3 is 1. The van der Waals surface area contributed by atoms with Crippen LogP contribution in [0.2, 0.25) is 0 Å². The van der Waals surface area contributed by atoms with E-state index in [-0.39, 0.29) is 30.6 Å². The van der Waals surface area contributed by atoms with Crippen molar-refractivity contribution >= 4 is 17.8 Å². The fraction of sp³-hybridized carbons (Fsp3) is 0.526. The Balaban J connectivity index is 1.75. The summed E-state index contributed by atoms with van der Waals surface area (Å²) in [6.45, 7) is 4.08. The molecule has 1 heterocycles. The van der Waals surface area contributed by atoms with Gasteiger partial charge >= 0.3 is 5.97 Å². The molecule has 2 rings (SSSR count). The molecule has 1 aromatic rings. The molecule has 7 heteroatoms. The van der Waals surface area contributed by atoms with E-state index in [1.165, 1.54) is 0 Å². The first-order chi connectivity index (χ1) is 12.5. The summed E-state index contributed by atoms with van der Waals surface area (Å²) in [4.78, 5) is 39.4. The van der Waals surface area contributed by atoms with E-state index in [0.29, 0.717) is 39.2 Å². The zero-order valence-electron chi connectivity index (χ0n) is 15.4. The first-order valence-electron chi connectivity index (χ1n) is 8.87. The summed E-state index contributed by atoms with van der Waals surface area (Å²) < 4.78 is 9.94. The summed E-state index contributed by atoms with van der Waals surface area (Å²) in [5, 5.41) is 0. The predicted octanol–water partition coefficient (Wildman–Crippen LogP) is 1.25. The van der Waals surface area contributed by atoms with E-state index < -0.39 is 0 Å². The fourth-order valence-corrected chi connectivity index (χ4v) is 2.84. The van der Waals surface area contributed by atoms with Crippen molar-refractivity contribution in [3.8, 4) is 5.75 Å². The molecule has 1 aliphatic rings. The molecule has 0 spiro atoms. The normalized spacial score (nSPS) is 14.1. The van der Waals surface area contributed by atoms with Crippen LogP contribution < -0.4 is 4.74 Å². The number of nitrogens with zero attached hydrogens (tertiary/aromatic N) is 2. The van der Waals surface area contributed by atoms with Crippen molar-refractivity contribution in [2.45, 2.75) is 26.2 Å². The van der Waals surface area contributed by atoms with Gasteiger partial charge in [-0.05, 0) is 24.6 Å². The Labute approximate surface area is 153 Å². The average Bonchev–Trinajstić information content (AvgIpc) is 2.67. The highest BCUT2D eigenvalue weighted by molar-refractivity contribution is 5.82. The quantitative estimate of drug-likeness (QED) is 0.683. The molecule has 142 valence electrons. The standard InChI is InChI=1S/C19H26N2O5/c1-3-26-19(24)9-8-17(22)20-10-12-21(13-11-20)18(23)14-15-4-6-16(25-2)7-5-15/h4-7H,3,8-14H2,1-2H3. The predicted molar refractivity (Wildman–Crippen MR) is 95.7 cm³/mol. The van der Waals surface area contributed by atoms with Gasteiger partial charge in [0.15, 0.2) is 0 Å². The van der Waals surface area contributed by atoms with E-state index in [0.717, 1.165) is 11.3 Å². The van der Waals surface area contributed by atoms with Gasteiger partial charge < -0.3 is 19.3 Å². The minimum atomic E-state index is -0.353. The van der Waals surface area contributed by atoms with Crippen LogP contribution in [0.25, 0.3) is 0 Å². The Morgan fingerprint density at radius 2 is 1.50 bits per heavy atom. The van der Waals surface area contributed by atoms with Crippen LogP contribution in [0.1, 0.15) is 25.3 Å². The number of carbonyl (C=O) groups is 3. The van der Waals surface area contributed by atoms with Gasteiger partial charge in [-0.25, -0.2) is 0 Å². The van der Waals surface area contributed by atoms with Crippen LogP contribution in [0, 0.1) is 0 Å².